The molecule has 5 rings (SSSR count). The summed E-state index contributed by atoms with van der Waals surface area (Å²) in [5, 5.41) is 24.4. The summed E-state index contributed by atoms with van der Waals surface area (Å²) in [7, 11) is 1.62. The summed E-state index contributed by atoms with van der Waals surface area (Å²) in [6.07, 6.45) is 1.54. The topological polar surface area (TPSA) is 177 Å². The van der Waals surface area contributed by atoms with Gasteiger partial charge in [0.2, 0.25) is 11.6 Å². The zero-order valence-electron chi connectivity index (χ0n) is 22.2. The predicted molar refractivity (Wildman–Crippen MR) is 146 cm³/mol. The molecule has 16 heteroatoms. The zero-order chi connectivity index (χ0) is 28.2. The first-order valence-electron chi connectivity index (χ1n) is 12.4. The number of halogens is 1. The third-order valence-corrected chi connectivity index (χ3v) is 7.57. The lowest BCUT2D eigenvalue weighted by molar-refractivity contribution is 0.0335. The molecule has 1 aliphatic heterocycles. The molecule has 1 aromatic carbocycles. The molecule has 15 nitrogen and oxygen atoms in total. The van der Waals surface area contributed by atoms with Crippen LogP contribution in [-0.2, 0) is 17.8 Å². The van der Waals surface area contributed by atoms with E-state index in [1.165, 1.54) is 4.68 Å². The highest BCUT2D eigenvalue weighted by Crippen LogP contribution is 2.25. The molecular formula is C24H28BrN11O4. The molecule has 210 valence electrons. The van der Waals surface area contributed by atoms with Crippen LogP contribution in [0, 0.1) is 13.8 Å². The highest BCUT2D eigenvalue weighted by Gasteiger charge is 2.26. The van der Waals surface area contributed by atoms with Crippen LogP contribution in [0.1, 0.15) is 38.7 Å². The summed E-state index contributed by atoms with van der Waals surface area (Å²) in [6, 6.07) is 5.61. The van der Waals surface area contributed by atoms with Gasteiger partial charge in [-0.05, 0) is 63.9 Å². The van der Waals surface area contributed by atoms with Crippen LogP contribution >= 0.6 is 15.9 Å². The minimum absolute atomic E-state index is 0.0271. The van der Waals surface area contributed by atoms with E-state index in [4.69, 9.17) is 19.8 Å². The Hall–Kier alpha value is -4.15. The summed E-state index contributed by atoms with van der Waals surface area (Å²) in [5.74, 6) is 0.200. The van der Waals surface area contributed by atoms with Crippen molar-refractivity contribution in [2.75, 3.05) is 39.1 Å². The van der Waals surface area contributed by atoms with Gasteiger partial charge in [-0.3, -0.25) is 14.4 Å². The lowest BCUT2D eigenvalue weighted by Gasteiger charge is -2.25. The molecule has 40 heavy (non-hydrogen) atoms. The molecule has 4 aromatic rings. The van der Waals surface area contributed by atoms with Crippen molar-refractivity contribution in [1.29, 1.82) is 0 Å². The number of rotatable bonds is 9. The third-order valence-electron chi connectivity index (χ3n) is 6.43. The molecule has 3 aromatic heterocycles. The molecule has 0 unspecified atom stereocenters. The fourth-order valence-corrected chi connectivity index (χ4v) is 4.60. The Morgan fingerprint density at radius 1 is 1.25 bits per heavy atom. The van der Waals surface area contributed by atoms with Crippen LogP contribution in [0.2, 0.25) is 0 Å². The summed E-state index contributed by atoms with van der Waals surface area (Å²) < 4.78 is 19.7. The van der Waals surface area contributed by atoms with Gasteiger partial charge in [0.1, 0.15) is 11.4 Å². The lowest BCUT2D eigenvalue weighted by Crippen LogP contribution is -2.36. The van der Waals surface area contributed by atoms with E-state index in [0.29, 0.717) is 50.8 Å². The number of carbonyl (C=O) groups is 1. The smallest absolute Gasteiger partial charge is 0.292 e. The van der Waals surface area contributed by atoms with E-state index in [2.05, 4.69) is 57.1 Å². The number of nitrogens with zero attached hydrogens (tertiary/aromatic N) is 9. The van der Waals surface area contributed by atoms with E-state index in [0.717, 1.165) is 27.0 Å². The number of carbonyl (C=O) groups excluding carboxylic acids is 1. The van der Waals surface area contributed by atoms with Gasteiger partial charge in [-0.2, -0.15) is 14.9 Å². The van der Waals surface area contributed by atoms with E-state index in [1.54, 1.807) is 13.3 Å². The summed E-state index contributed by atoms with van der Waals surface area (Å²) in [6.45, 7) is 7.42. The van der Waals surface area contributed by atoms with E-state index in [1.807, 2.05) is 36.7 Å². The SMILES string of the molecule is COc1ccc(/C=N\NC(=O)c2c(CN3CCOCC3)nnn2-c2nonc2N)cc1Cn1nc(C)c(Br)c1C. The largest absolute Gasteiger partial charge is 0.496 e. The zero-order valence-corrected chi connectivity index (χ0v) is 23.8. The Kier molecular flexibility index (Phi) is 8.18. The normalized spacial score (nSPS) is 14.2. The van der Waals surface area contributed by atoms with Crippen molar-refractivity contribution in [3.8, 4) is 11.6 Å². The van der Waals surface area contributed by atoms with Crippen molar-refractivity contribution >= 4 is 33.9 Å². The Morgan fingerprint density at radius 2 is 2.05 bits per heavy atom. The number of nitrogens with two attached hydrogens (primary N) is 1. The van der Waals surface area contributed by atoms with Gasteiger partial charge in [0.05, 0.1) is 48.9 Å². The summed E-state index contributed by atoms with van der Waals surface area (Å²) >= 11 is 3.57. The Bertz CT molecular complexity index is 1540. The number of benzene rings is 1. The first-order chi connectivity index (χ1) is 19.4. The van der Waals surface area contributed by atoms with Gasteiger partial charge in [-0.1, -0.05) is 5.21 Å². The molecule has 1 aliphatic rings. The number of nitrogen functional groups attached to an aromatic ring is 1. The minimum Gasteiger partial charge on any atom is -0.496 e. The molecule has 1 fully saturated rings. The number of anilines is 1. The second-order valence-corrected chi connectivity index (χ2v) is 9.86. The average molecular weight is 614 g/mol. The number of hydrogen-bond acceptors (Lipinski definition) is 12. The van der Waals surface area contributed by atoms with Gasteiger partial charge in [0.25, 0.3) is 5.91 Å². The van der Waals surface area contributed by atoms with Gasteiger partial charge < -0.3 is 15.2 Å². The van der Waals surface area contributed by atoms with Gasteiger partial charge in [0.15, 0.2) is 5.69 Å². The number of amides is 1. The number of methoxy groups -OCH3 is 1. The van der Waals surface area contributed by atoms with Gasteiger partial charge in [-0.25, -0.2) is 10.1 Å². The standard InChI is InChI=1S/C24H28BrN11O4/c1-14-20(25)15(2)35(30-14)12-17-10-16(4-5-19(17)38-3)11-27-29-24(37)21-18(13-34-6-8-39-9-7-34)28-33-36(21)23-22(26)31-40-32-23/h4-5,10-11H,6-9,12-13H2,1-3H3,(H2,26,31)(H,29,37)/b27-11-. The van der Waals surface area contributed by atoms with Crippen molar-refractivity contribution in [1.82, 2.24) is 45.4 Å². The molecule has 1 saturated heterocycles. The van der Waals surface area contributed by atoms with Crippen molar-refractivity contribution in [3.05, 3.63) is 56.6 Å². The fourth-order valence-electron chi connectivity index (χ4n) is 4.32. The maximum absolute atomic E-state index is 13.3. The second kappa shape index (κ2) is 11.9. The van der Waals surface area contributed by atoms with Gasteiger partial charge >= 0.3 is 0 Å². The molecule has 0 aliphatic carbocycles. The summed E-state index contributed by atoms with van der Waals surface area (Å²) in [5.41, 5.74) is 12.5. The van der Waals surface area contributed by atoms with Crippen LogP contribution in [0.4, 0.5) is 5.82 Å². The predicted octanol–water partition coefficient (Wildman–Crippen LogP) is 1.46. The molecule has 3 N–H and O–H groups in total. The molecule has 0 radical (unpaired) electrons. The first-order valence-corrected chi connectivity index (χ1v) is 13.2. The molecule has 0 saturated carbocycles. The first kappa shape index (κ1) is 27.4. The number of aryl methyl sites for hydroxylation is 1. The number of nitrogens with one attached hydrogen (secondary N) is 1. The number of ether oxygens (including phenoxy) is 2. The highest BCUT2D eigenvalue weighted by molar-refractivity contribution is 9.10. The van der Waals surface area contributed by atoms with Crippen LogP contribution < -0.4 is 15.9 Å². The number of hydrazone groups is 1. The van der Waals surface area contributed by atoms with E-state index in [9.17, 15) is 4.79 Å². The van der Waals surface area contributed by atoms with Crippen molar-refractivity contribution in [2.45, 2.75) is 26.9 Å². The molecule has 1 amide bonds. The van der Waals surface area contributed by atoms with Crippen LogP contribution in [0.5, 0.6) is 5.75 Å². The molecule has 0 bridgehead atoms. The van der Waals surface area contributed by atoms with E-state index < -0.39 is 5.91 Å². The Labute approximate surface area is 237 Å². The quantitative estimate of drug-likeness (QED) is 0.206. The third kappa shape index (κ3) is 5.73. The lowest BCUT2D eigenvalue weighted by atomic mass is 10.1. The van der Waals surface area contributed by atoms with Crippen LogP contribution in [0.3, 0.4) is 0 Å². The number of hydrogen-bond donors (Lipinski definition) is 2. The number of aromatic nitrogens is 7. The monoisotopic (exact) mass is 613 g/mol. The van der Waals surface area contributed by atoms with Gasteiger partial charge in [-0.15, -0.1) is 5.10 Å². The number of morpholine rings is 1. The average Bonchev–Trinajstić information content (AvgIpc) is 3.63. The van der Waals surface area contributed by atoms with Gasteiger partial charge in [0, 0.05) is 25.2 Å². The van der Waals surface area contributed by atoms with Crippen LogP contribution in [0.25, 0.3) is 5.82 Å². The van der Waals surface area contributed by atoms with Crippen molar-refractivity contribution in [2.24, 2.45) is 5.10 Å². The molecular weight excluding hydrogens is 586 g/mol. The van der Waals surface area contributed by atoms with Crippen LogP contribution in [0.15, 0.2) is 32.4 Å². The highest BCUT2D eigenvalue weighted by atomic mass is 79.9. The van der Waals surface area contributed by atoms with E-state index in [-0.39, 0.29) is 17.3 Å². The fraction of sp³-hybridized carbons (Fsp3) is 0.375. The van der Waals surface area contributed by atoms with Crippen LogP contribution in [-0.4, -0.2) is 85.5 Å². The molecule has 0 atom stereocenters. The van der Waals surface area contributed by atoms with E-state index >= 15 is 0 Å². The molecule has 4 heterocycles. The van der Waals surface area contributed by atoms with Crippen molar-refractivity contribution in [3.63, 3.8) is 0 Å². The summed E-state index contributed by atoms with van der Waals surface area (Å²) in [4.78, 5) is 15.5. The minimum atomic E-state index is -0.548. The van der Waals surface area contributed by atoms with Crippen molar-refractivity contribution < 1.29 is 18.9 Å². The maximum Gasteiger partial charge on any atom is 0.292 e. The Balaban J connectivity index is 1.36. The molecule has 0 spiro atoms. The Morgan fingerprint density at radius 3 is 2.73 bits per heavy atom. The maximum atomic E-state index is 13.3. The second-order valence-electron chi connectivity index (χ2n) is 9.07.